The van der Waals surface area contributed by atoms with Gasteiger partial charge in [-0.25, -0.2) is 0 Å². The van der Waals surface area contributed by atoms with Gasteiger partial charge in [-0.1, -0.05) is 34.6 Å². The van der Waals surface area contributed by atoms with Gasteiger partial charge in [0.2, 0.25) is 0 Å². The van der Waals surface area contributed by atoms with E-state index in [0.29, 0.717) is 12.8 Å². The standard InChI is InChI=1S/C37H67NO12/c1-14-26-20(4)29(40)21(5)28(39)18(2)16-36(9,44)33(50-35-30(41)25(38(11)12)15-19(3)46-35)22(6)31(23(7)34(43)48-26)49-27-17-37(10,45-13)32(42)24(8)47-27/h18-27,29-33,35,40-42,44H,14-17H2,1-13H3/t18-,19-,20+,21+,22+,23-,24+,25+,26-,27+,29+,30-,31+,32+,33-,35+,36-,37-/m1/s1/i18D. The van der Waals surface area contributed by atoms with Crippen LogP contribution in [0.25, 0.3) is 0 Å². The minimum atomic E-state index is -1.95. The van der Waals surface area contributed by atoms with Crippen LogP contribution in [-0.4, -0.2) is 137 Å². The highest BCUT2D eigenvalue weighted by atomic mass is 16.7. The highest BCUT2D eigenvalue weighted by molar-refractivity contribution is 5.83. The van der Waals surface area contributed by atoms with Gasteiger partial charge in [-0.3, -0.25) is 9.59 Å². The maximum Gasteiger partial charge on any atom is 0.311 e. The van der Waals surface area contributed by atoms with Crippen molar-refractivity contribution in [3.63, 3.8) is 0 Å². The molecule has 50 heavy (non-hydrogen) atoms. The molecule has 0 aromatic rings. The number of hydrogen-bond acceptors (Lipinski definition) is 13. The van der Waals surface area contributed by atoms with E-state index in [1.807, 2.05) is 32.8 Å². The highest BCUT2D eigenvalue weighted by Crippen LogP contribution is 2.40. The summed E-state index contributed by atoms with van der Waals surface area (Å²) in [5.74, 6) is -6.65. The average Bonchev–Trinajstić information content (AvgIpc) is 3.05. The van der Waals surface area contributed by atoms with Gasteiger partial charge in [-0.05, 0) is 68.0 Å². The molecule has 0 aromatic carbocycles. The van der Waals surface area contributed by atoms with Crippen LogP contribution in [0.1, 0.15) is 96.3 Å². The summed E-state index contributed by atoms with van der Waals surface area (Å²) in [7, 11) is 5.17. The van der Waals surface area contributed by atoms with Crippen molar-refractivity contribution in [3.05, 3.63) is 0 Å². The van der Waals surface area contributed by atoms with E-state index in [9.17, 15) is 31.4 Å². The summed E-state index contributed by atoms with van der Waals surface area (Å²) in [5.41, 5.74) is -2.99. The second-order valence-electron chi connectivity index (χ2n) is 16.0. The Balaban J connectivity index is 2.20. The summed E-state index contributed by atoms with van der Waals surface area (Å²) >= 11 is 0. The zero-order valence-corrected chi connectivity index (χ0v) is 32.5. The summed E-state index contributed by atoms with van der Waals surface area (Å²) in [6.07, 6.45) is -9.10. The molecule has 3 rings (SSSR count). The van der Waals surface area contributed by atoms with E-state index >= 15 is 0 Å². The van der Waals surface area contributed by atoms with Gasteiger partial charge in [-0.2, -0.15) is 0 Å². The number of likely N-dealkylation sites (N-methyl/N-ethyl adjacent to an activating group) is 1. The molecule has 3 saturated heterocycles. The monoisotopic (exact) mass is 718 g/mol. The summed E-state index contributed by atoms with van der Waals surface area (Å²) in [4.78, 5) is 29.8. The van der Waals surface area contributed by atoms with E-state index in [4.69, 9.17) is 28.4 Å². The molecule has 0 spiro atoms. The SMILES string of the molecule is [2H][C@@]1(C)C[C@@](C)(O)[C@H](O[C@@H]2O[C@H](C)C[C@H](N(C)C)[C@H]2O)[C@@H](C)[C@H](O[C@H]2C[C@@](C)(OC)[C@@H](O)[C@H](C)O2)[C@@H](C)C(=O)O[C@H](CC)[C@H](C)[C@H](O)[C@@H](C)C1=O. The third kappa shape index (κ3) is 9.45. The van der Waals surface area contributed by atoms with E-state index in [-0.39, 0.29) is 18.6 Å². The van der Waals surface area contributed by atoms with Gasteiger partial charge in [0.1, 0.15) is 24.1 Å². The number of hydrogen-bond donors (Lipinski definition) is 4. The smallest absolute Gasteiger partial charge is 0.311 e. The Labute approximate surface area is 300 Å². The molecule has 0 saturated carbocycles. The first kappa shape index (κ1) is 41.5. The van der Waals surface area contributed by atoms with E-state index in [2.05, 4.69) is 0 Å². The molecule has 0 aromatic heterocycles. The molecule has 0 radical (unpaired) electrons. The van der Waals surface area contributed by atoms with Crippen LogP contribution in [0, 0.1) is 29.6 Å². The maximum atomic E-state index is 14.1. The molecule has 18 atom stereocenters. The lowest BCUT2D eigenvalue weighted by Gasteiger charge is -2.49. The predicted molar refractivity (Wildman–Crippen MR) is 185 cm³/mol. The van der Waals surface area contributed by atoms with Crippen molar-refractivity contribution in [1.82, 2.24) is 4.90 Å². The van der Waals surface area contributed by atoms with Gasteiger partial charge < -0.3 is 53.7 Å². The number of Topliss-reactive ketones (excluding diaryl/α,β-unsaturated/α-hetero) is 1. The fourth-order valence-corrected chi connectivity index (χ4v) is 8.17. The number of carbonyl (C=O) groups is 2. The van der Waals surface area contributed by atoms with Crippen molar-refractivity contribution in [3.8, 4) is 0 Å². The number of ether oxygens (including phenoxy) is 6. The molecule has 292 valence electrons. The second kappa shape index (κ2) is 17.3. The number of ketones is 1. The Kier molecular flexibility index (Phi) is 14.3. The molecule has 3 heterocycles. The van der Waals surface area contributed by atoms with Crippen LogP contribution in [0.4, 0.5) is 0 Å². The molecule has 0 aliphatic carbocycles. The molecule has 13 nitrogen and oxygen atoms in total. The summed E-state index contributed by atoms with van der Waals surface area (Å²) in [6.45, 7) is 16.6. The molecule has 3 aliphatic rings. The Morgan fingerprint density at radius 2 is 1.54 bits per heavy atom. The number of nitrogens with zero attached hydrogens (tertiary/aromatic N) is 1. The lowest BCUT2D eigenvalue weighted by Crippen LogP contribution is -2.60. The Morgan fingerprint density at radius 3 is 2.10 bits per heavy atom. The minimum absolute atomic E-state index is 0.104. The van der Waals surface area contributed by atoms with E-state index < -0.39 is 114 Å². The highest BCUT2D eigenvalue weighted by Gasteiger charge is 2.52. The summed E-state index contributed by atoms with van der Waals surface area (Å²) in [5, 5.41) is 46.1. The van der Waals surface area contributed by atoms with Crippen molar-refractivity contribution in [2.75, 3.05) is 21.2 Å². The summed E-state index contributed by atoms with van der Waals surface area (Å²) < 4.78 is 46.4. The fraction of sp³-hybridized carbons (Fsp3) is 0.946. The second-order valence-corrected chi connectivity index (χ2v) is 16.0. The molecule has 0 amide bonds. The van der Waals surface area contributed by atoms with Crippen LogP contribution in [-0.2, 0) is 38.0 Å². The molecule has 0 unspecified atom stereocenters. The van der Waals surface area contributed by atoms with Gasteiger partial charge in [0, 0.05) is 44.6 Å². The Morgan fingerprint density at radius 1 is 0.920 bits per heavy atom. The third-order valence-electron chi connectivity index (χ3n) is 11.6. The lowest BCUT2D eigenvalue weighted by atomic mass is 9.74. The minimum Gasteiger partial charge on any atom is -0.462 e. The maximum absolute atomic E-state index is 14.1. The quantitative estimate of drug-likeness (QED) is 0.283. The Hall–Kier alpha value is -1.26. The van der Waals surface area contributed by atoms with Crippen molar-refractivity contribution < 1.29 is 59.8 Å². The number of carbonyl (C=O) groups excluding carboxylic acids is 2. The van der Waals surface area contributed by atoms with Crippen LogP contribution in [0.3, 0.4) is 0 Å². The molecular formula is C37H67NO12. The van der Waals surface area contributed by atoms with E-state index in [1.54, 1.807) is 41.5 Å². The van der Waals surface area contributed by atoms with Gasteiger partial charge in [0.15, 0.2) is 12.6 Å². The Bertz CT molecular complexity index is 1170. The van der Waals surface area contributed by atoms with Crippen LogP contribution < -0.4 is 0 Å². The number of aliphatic hydroxyl groups is 4. The first-order valence-corrected chi connectivity index (χ1v) is 18.3. The first-order valence-electron chi connectivity index (χ1n) is 18.8. The largest absolute Gasteiger partial charge is 0.462 e. The van der Waals surface area contributed by atoms with E-state index in [1.165, 1.54) is 21.0 Å². The van der Waals surface area contributed by atoms with Crippen LogP contribution in [0.2, 0.25) is 0 Å². The van der Waals surface area contributed by atoms with Crippen molar-refractivity contribution in [2.45, 2.75) is 174 Å². The molecular weight excluding hydrogens is 650 g/mol. The van der Waals surface area contributed by atoms with Crippen LogP contribution in [0.5, 0.6) is 0 Å². The van der Waals surface area contributed by atoms with Crippen molar-refractivity contribution >= 4 is 11.8 Å². The summed E-state index contributed by atoms with van der Waals surface area (Å²) in [6, 6.07) is -0.341. The van der Waals surface area contributed by atoms with Crippen LogP contribution in [0.15, 0.2) is 0 Å². The average molecular weight is 719 g/mol. The van der Waals surface area contributed by atoms with Crippen molar-refractivity contribution in [1.29, 1.82) is 0 Å². The van der Waals surface area contributed by atoms with E-state index in [0.717, 1.165) is 0 Å². The topological polar surface area (TPSA) is 174 Å². The predicted octanol–water partition coefficient (Wildman–Crippen LogP) is 2.67. The lowest BCUT2D eigenvalue weighted by molar-refractivity contribution is -0.317. The van der Waals surface area contributed by atoms with Gasteiger partial charge in [0.25, 0.3) is 0 Å². The number of esters is 1. The number of rotatable bonds is 7. The molecule has 4 N–H and O–H groups in total. The zero-order chi connectivity index (χ0) is 39.0. The van der Waals surface area contributed by atoms with Crippen molar-refractivity contribution in [2.24, 2.45) is 29.6 Å². The molecule has 3 fully saturated rings. The molecule has 3 aliphatic heterocycles. The molecule has 13 heteroatoms. The van der Waals surface area contributed by atoms with Crippen LogP contribution >= 0.6 is 0 Å². The molecule has 0 bridgehead atoms. The third-order valence-corrected chi connectivity index (χ3v) is 11.6. The van der Waals surface area contributed by atoms with Gasteiger partial charge in [-0.15, -0.1) is 0 Å². The number of aliphatic hydroxyl groups excluding tert-OH is 3. The number of methoxy groups -OCH3 is 1. The number of cyclic esters (lactones) is 1. The van der Waals surface area contributed by atoms with Gasteiger partial charge in [0.05, 0.1) is 47.6 Å². The van der Waals surface area contributed by atoms with Gasteiger partial charge >= 0.3 is 5.97 Å². The first-order chi connectivity index (χ1) is 23.4. The normalized spacial score (nSPS) is 50.8. The fourth-order valence-electron chi connectivity index (χ4n) is 8.17. The zero-order valence-electron chi connectivity index (χ0n) is 33.5.